The molecule has 4 rings (SSSR count). The van der Waals surface area contributed by atoms with Gasteiger partial charge in [0.2, 0.25) is 0 Å². The quantitative estimate of drug-likeness (QED) is 0.194. The van der Waals surface area contributed by atoms with Crippen molar-refractivity contribution in [3.05, 3.63) is 94.6 Å². The molecule has 3 aromatic carbocycles. The first-order valence-corrected chi connectivity index (χ1v) is 11.1. The van der Waals surface area contributed by atoms with Crippen molar-refractivity contribution in [3.8, 4) is 16.9 Å². The molecule has 11 heteroatoms. The molecule has 0 saturated heterocycles. The van der Waals surface area contributed by atoms with Crippen LogP contribution in [0.4, 0.5) is 31.1 Å². The predicted molar refractivity (Wildman–Crippen MR) is 126 cm³/mol. The number of aromatic nitrogens is 1. The smallest absolute Gasteiger partial charge is 0.406 e. The highest BCUT2D eigenvalue weighted by Gasteiger charge is 2.37. The van der Waals surface area contributed by atoms with Crippen LogP contribution in [0.3, 0.4) is 0 Å². The average Bonchev–Trinajstić information content (AvgIpc) is 2.83. The van der Waals surface area contributed by atoms with E-state index in [4.69, 9.17) is 16.3 Å². The van der Waals surface area contributed by atoms with Crippen LogP contribution in [-0.4, -0.2) is 23.0 Å². The Bertz CT molecular complexity index is 1420. The van der Waals surface area contributed by atoms with Crippen LogP contribution in [0.25, 0.3) is 22.0 Å². The molecule has 4 nitrogen and oxygen atoms in total. The summed E-state index contributed by atoms with van der Waals surface area (Å²) in [5.41, 5.74) is -1.70. The highest BCUT2D eigenvalue weighted by Crippen LogP contribution is 2.41. The summed E-state index contributed by atoms with van der Waals surface area (Å²) >= 11 is 6.35. The molecule has 1 aromatic heterocycles. The van der Waals surface area contributed by atoms with E-state index in [-0.39, 0.29) is 22.5 Å². The number of pyridine rings is 1. The van der Waals surface area contributed by atoms with Gasteiger partial charge >= 0.3 is 18.4 Å². The summed E-state index contributed by atoms with van der Waals surface area (Å²) in [5.74, 6) is -0.0940. The first-order valence-electron chi connectivity index (χ1n) is 10.7. The molecule has 0 unspecified atom stereocenters. The highest BCUT2D eigenvalue weighted by molar-refractivity contribution is 6.32. The van der Waals surface area contributed by atoms with E-state index in [9.17, 15) is 31.1 Å². The van der Waals surface area contributed by atoms with E-state index in [0.717, 1.165) is 4.90 Å². The Morgan fingerprint density at radius 3 is 2.05 bits per heavy atom. The zero-order valence-corrected chi connectivity index (χ0v) is 19.7. The zero-order chi connectivity index (χ0) is 27.0. The number of benzene rings is 3. The molecule has 4 aromatic rings. The number of carbonyl (C=O) groups excluding carboxylic acids is 1. The standard InChI is InChI=1S/C26H17ClF6N2O2/c1-35(14-15-11-17(25(28,29)30)13-18(12-15)26(31,32)33)24(36)37-22-21(16-7-3-2-4-8-16)19-9-5-6-10-20(19)34-23(22)27/h2-13H,14H2,1H3. The number of halogens is 7. The Labute approximate surface area is 212 Å². The second-order valence-electron chi connectivity index (χ2n) is 8.13. The van der Waals surface area contributed by atoms with Gasteiger partial charge in [-0.05, 0) is 35.4 Å². The number of hydrogen-bond acceptors (Lipinski definition) is 3. The van der Waals surface area contributed by atoms with Crippen LogP contribution < -0.4 is 4.74 Å². The van der Waals surface area contributed by atoms with E-state index in [1.807, 2.05) is 0 Å². The molecule has 0 atom stereocenters. The van der Waals surface area contributed by atoms with Gasteiger partial charge in [0.1, 0.15) is 0 Å². The molecule has 37 heavy (non-hydrogen) atoms. The molecule has 0 aliphatic rings. The Morgan fingerprint density at radius 2 is 1.46 bits per heavy atom. The molecule has 0 aliphatic heterocycles. The van der Waals surface area contributed by atoms with Crippen molar-refractivity contribution >= 4 is 28.6 Å². The van der Waals surface area contributed by atoms with E-state index in [2.05, 4.69) is 4.98 Å². The van der Waals surface area contributed by atoms with Gasteiger partial charge in [0.05, 0.1) is 16.6 Å². The van der Waals surface area contributed by atoms with Crippen molar-refractivity contribution in [1.82, 2.24) is 9.88 Å². The van der Waals surface area contributed by atoms with Crippen LogP contribution in [0.15, 0.2) is 72.8 Å². The Kier molecular flexibility index (Phi) is 7.05. The minimum absolute atomic E-state index is 0.0223. The maximum Gasteiger partial charge on any atom is 0.416 e. The maximum atomic E-state index is 13.2. The number of rotatable bonds is 4. The number of amides is 1. The second kappa shape index (κ2) is 9.93. The van der Waals surface area contributed by atoms with Crippen LogP contribution in [0.2, 0.25) is 5.15 Å². The molecular formula is C26H17ClF6N2O2. The van der Waals surface area contributed by atoms with Gasteiger partial charge in [-0.2, -0.15) is 26.3 Å². The summed E-state index contributed by atoms with van der Waals surface area (Å²) in [6.45, 7) is -0.592. The van der Waals surface area contributed by atoms with Gasteiger partial charge in [-0.1, -0.05) is 60.1 Å². The molecule has 0 spiro atoms. The van der Waals surface area contributed by atoms with Crippen molar-refractivity contribution in [1.29, 1.82) is 0 Å². The van der Waals surface area contributed by atoms with Crippen molar-refractivity contribution in [2.45, 2.75) is 18.9 Å². The largest absolute Gasteiger partial charge is 0.416 e. The predicted octanol–water partition coefficient (Wildman–Crippen LogP) is 8.22. The minimum atomic E-state index is -5.01. The van der Waals surface area contributed by atoms with E-state index < -0.39 is 36.1 Å². The number of alkyl halides is 6. The molecule has 0 N–H and O–H groups in total. The SMILES string of the molecule is CN(Cc1cc(C(F)(F)F)cc(C(F)(F)F)c1)C(=O)Oc1c(Cl)nc2ccccc2c1-c1ccccc1. The fourth-order valence-corrected chi connectivity index (χ4v) is 3.99. The zero-order valence-electron chi connectivity index (χ0n) is 19.0. The number of ether oxygens (including phenoxy) is 1. The lowest BCUT2D eigenvalue weighted by molar-refractivity contribution is -0.143. The number of carbonyl (C=O) groups is 1. The highest BCUT2D eigenvalue weighted by atomic mass is 35.5. The van der Waals surface area contributed by atoms with Crippen molar-refractivity contribution < 1.29 is 35.9 Å². The van der Waals surface area contributed by atoms with Crippen molar-refractivity contribution in [3.63, 3.8) is 0 Å². The van der Waals surface area contributed by atoms with Crippen LogP contribution in [0.5, 0.6) is 5.75 Å². The summed E-state index contributed by atoms with van der Waals surface area (Å²) in [6.07, 6.45) is -11.1. The van der Waals surface area contributed by atoms with E-state index >= 15 is 0 Å². The van der Waals surface area contributed by atoms with Crippen LogP contribution in [-0.2, 0) is 18.9 Å². The first kappa shape index (κ1) is 26.3. The van der Waals surface area contributed by atoms with E-state index in [1.54, 1.807) is 54.6 Å². The van der Waals surface area contributed by atoms with Crippen LogP contribution in [0.1, 0.15) is 16.7 Å². The Morgan fingerprint density at radius 1 is 0.892 bits per heavy atom. The van der Waals surface area contributed by atoms with Gasteiger partial charge in [0.25, 0.3) is 0 Å². The number of fused-ring (bicyclic) bond motifs is 1. The minimum Gasteiger partial charge on any atom is -0.406 e. The number of para-hydroxylation sites is 1. The molecule has 0 aliphatic carbocycles. The third-order valence-electron chi connectivity index (χ3n) is 5.44. The molecule has 0 radical (unpaired) electrons. The lowest BCUT2D eigenvalue weighted by Gasteiger charge is -2.21. The normalized spacial score (nSPS) is 12.0. The average molecular weight is 539 g/mol. The molecule has 1 amide bonds. The summed E-state index contributed by atoms with van der Waals surface area (Å²) in [4.78, 5) is 18.0. The first-order chi connectivity index (χ1) is 17.3. The summed E-state index contributed by atoms with van der Waals surface area (Å²) < 4.78 is 84.7. The van der Waals surface area contributed by atoms with Crippen LogP contribution in [0, 0.1) is 0 Å². The molecule has 192 valence electrons. The number of hydrogen-bond donors (Lipinski definition) is 0. The van der Waals surface area contributed by atoms with Gasteiger partial charge in [-0.15, -0.1) is 0 Å². The van der Waals surface area contributed by atoms with Gasteiger partial charge in [-0.3, -0.25) is 0 Å². The number of nitrogens with zero attached hydrogens (tertiary/aromatic N) is 2. The fraction of sp³-hybridized carbons (Fsp3) is 0.154. The van der Waals surface area contributed by atoms with Gasteiger partial charge in [0.15, 0.2) is 10.9 Å². The molecular weight excluding hydrogens is 522 g/mol. The lowest BCUT2D eigenvalue weighted by Crippen LogP contribution is -2.30. The molecule has 0 bridgehead atoms. The van der Waals surface area contributed by atoms with E-state index in [1.165, 1.54) is 7.05 Å². The summed E-state index contributed by atoms with van der Waals surface area (Å²) in [7, 11) is 1.18. The topological polar surface area (TPSA) is 42.4 Å². The summed E-state index contributed by atoms with van der Waals surface area (Å²) in [5, 5.41) is 0.481. The van der Waals surface area contributed by atoms with Crippen molar-refractivity contribution in [2.75, 3.05) is 7.05 Å². The van der Waals surface area contributed by atoms with Crippen LogP contribution >= 0.6 is 11.6 Å². The van der Waals surface area contributed by atoms with Gasteiger partial charge < -0.3 is 9.64 Å². The molecule has 1 heterocycles. The third-order valence-corrected chi connectivity index (χ3v) is 5.69. The monoisotopic (exact) mass is 538 g/mol. The maximum absolute atomic E-state index is 13.2. The second-order valence-corrected chi connectivity index (χ2v) is 8.49. The Balaban J connectivity index is 1.69. The molecule has 0 fully saturated rings. The fourth-order valence-electron chi connectivity index (χ4n) is 3.76. The molecule has 0 saturated carbocycles. The lowest BCUT2D eigenvalue weighted by atomic mass is 10.0. The Hall–Kier alpha value is -3.79. The van der Waals surface area contributed by atoms with Gasteiger partial charge in [-0.25, -0.2) is 9.78 Å². The van der Waals surface area contributed by atoms with Gasteiger partial charge in [0, 0.05) is 24.5 Å². The van der Waals surface area contributed by atoms with Crippen molar-refractivity contribution in [2.24, 2.45) is 0 Å². The summed E-state index contributed by atoms with van der Waals surface area (Å²) in [6, 6.07) is 17.0. The third kappa shape index (κ3) is 5.80. The van der Waals surface area contributed by atoms with E-state index in [0.29, 0.717) is 34.2 Å².